The molecule has 1 aliphatic rings. The van der Waals surface area contributed by atoms with Crippen LogP contribution in [-0.2, 0) is 5.75 Å². The summed E-state index contributed by atoms with van der Waals surface area (Å²) in [4.78, 5) is 0. The minimum absolute atomic E-state index is 0.533. The first-order valence-electron chi connectivity index (χ1n) is 6.54. The molecule has 2 heteroatoms. The van der Waals surface area contributed by atoms with E-state index in [-0.39, 0.29) is 0 Å². The summed E-state index contributed by atoms with van der Waals surface area (Å²) in [6.45, 7) is 10.1. The maximum absolute atomic E-state index is 3.68. The number of hydrogen-bond donors (Lipinski definition) is 1. The van der Waals surface area contributed by atoms with Crippen LogP contribution in [0.4, 0.5) is 0 Å². The molecule has 1 aromatic rings. The number of nitrogens with one attached hydrogen (secondary N) is 1. The number of fused-ring (bicyclic) bond motifs is 1. The Morgan fingerprint density at radius 3 is 2.82 bits per heavy atom. The molecule has 0 bridgehead atoms. The molecule has 0 spiro atoms. The van der Waals surface area contributed by atoms with Gasteiger partial charge < -0.3 is 5.32 Å². The minimum Gasteiger partial charge on any atom is -0.310 e. The number of rotatable bonds is 2. The van der Waals surface area contributed by atoms with E-state index in [0.717, 1.165) is 6.54 Å². The van der Waals surface area contributed by atoms with Gasteiger partial charge in [0.1, 0.15) is 0 Å². The van der Waals surface area contributed by atoms with E-state index < -0.39 is 0 Å². The molecule has 0 saturated heterocycles. The Bertz CT molecular complexity index is 400. The summed E-state index contributed by atoms with van der Waals surface area (Å²) in [7, 11) is 0. The maximum Gasteiger partial charge on any atom is 0.0359 e. The summed E-state index contributed by atoms with van der Waals surface area (Å²) in [5.41, 5.74) is 5.96. The summed E-state index contributed by atoms with van der Waals surface area (Å²) >= 11 is 2.07. The maximum atomic E-state index is 3.68. The van der Waals surface area contributed by atoms with Crippen LogP contribution in [-0.4, -0.2) is 12.3 Å². The third-order valence-electron chi connectivity index (χ3n) is 3.56. The molecule has 94 valence electrons. The smallest absolute Gasteiger partial charge is 0.0359 e. The molecule has 2 atom stereocenters. The second-order valence-electron chi connectivity index (χ2n) is 5.18. The highest BCUT2D eigenvalue weighted by Crippen LogP contribution is 2.36. The fourth-order valence-corrected chi connectivity index (χ4v) is 4.03. The normalized spacial score (nSPS) is 24.2. The van der Waals surface area contributed by atoms with Gasteiger partial charge in [-0.2, -0.15) is 11.8 Å². The van der Waals surface area contributed by atoms with E-state index >= 15 is 0 Å². The van der Waals surface area contributed by atoms with Crippen molar-refractivity contribution in [2.45, 2.75) is 39.5 Å². The third-order valence-corrected chi connectivity index (χ3v) is 4.84. The molecule has 17 heavy (non-hydrogen) atoms. The topological polar surface area (TPSA) is 12.0 Å². The van der Waals surface area contributed by atoms with Crippen molar-refractivity contribution in [3.05, 3.63) is 34.4 Å². The fourth-order valence-electron chi connectivity index (χ4n) is 2.89. The van der Waals surface area contributed by atoms with E-state index in [9.17, 15) is 0 Å². The second kappa shape index (κ2) is 5.45. The largest absolute Gasteiger partial charge is 0.310 e. The lowest BCUT2D eigenvalue weighted by atomic mass is 9.88. The molecule has 1 heterocycles. The van der Waals surface area contributed by atoms with Gasteiger partial charge in [-0.3, -0.25) is 0 Å². The predicted molar refractivity (Wildman–Crippen MR) is 77.7 cm³/mol. The summed E-state index contributed by atoms with van der Waals surface area (Å²) < 4.78 is 0. The zero-order valence-corrected chi connectivity index (χ0v) is 12.2. The highest BCUT2D eigenvalue weighted by atomic mass is 32.2. The van der Waals surface area contributed by atoms with Gasteiger partial charge in [0.15, 0.2) is 0 Å². The minimum atomic E-state index is 0.533. The summed E-state index contributed by atoms with van der Waals surface area (Å²) in [6.07, 6.45) is 0. The van der Waals surface area contributed by atoms with E-state index in [0.29, 0.717) is 12.0 Å². The van der Waals surface area contributed by atoms with Gasteiger partial charge in [-0.15, -0.1) is 0 Å². The molecule has 2 rings (SSSR count). The first-order chi connectivity index (χ1) is 8.13. The van der Waals surface area contributed by atoms with Crippen molar-refractivity contribution in [3.8, 4) is 0 Å². The monoisotopic (exact) mass is 249 g/mol. The van der Waals surface area contributed by atoms with E-state index in [1.807, 2.05) is 0 Å². The highest BCUT2D eigenvalue weighted by molar-refractivity contribution is 7.98. The lowest BCUT2D eigenvalue weighted by Gasteiger charge is -2.26. The zero-order valence-electron chi connectivity index (χ0n) is 11.3. The molecule has 1 aliphatic heterocycles. The van der Waals surface area contributed by atoms with Gasteiger partial charge in [-0.05, 0) is 48.8 Å². The lowest BCUT2D eigenvalue weighted by molar-refractivity contribution is 0.426. The lowest BCUT2D eigenvalue weighted by Crippen LogP contribution is -2.28. The van der Waals surface area contributed by atoms with E-state index in [2.05, 4.69) is 56.9 Å². The molecule has 0 saturated carbocycles. The van der Waals surface area contributed by atoms with Crippen molar-refractivity contribution in [3.63, 3.8) is 0 Å². The molecule has 1 nitrogen and oxygen atoms in total. The molecule has 1 aromatic carbocycles. The van der Waals surface area contributed by atoms with Crippen LogP contribution in [0.2, 0.25) is 0 Å². The second-order valence-corrected chi connectivity index (χ2v) is 6.21. The Morgan fingerprint density at radius 1 is 1.35 bits per heavy atom. The van der Waals surface area contributed by atoms with Crippen LogP contribution < -0.4 is 5.32 Å². The first-order valence-corrected chi connectivity index (χ1v) is 7.70. The zero-order chi connectivity index (χ0) is 12.4. The average molecular weight is 249 g/mol. The van der Waals surface area contributed by atoms with E-state index in [4.69, 9.17) is 0 Å². The standard InChI is InChI=1S/C15H23NS/c1-5-16-15-12(4)8-17-9-13-7-10(2)6-11(3)14(13)15/h6-7,12,15-16H,5,8-9H2,1-4H3. The SMILES string of the molecule is CCNC1c2c(C)cc(C)cc2CSCC1C. The van der Waals surface area contributed by atoms with Gasteiger partial charge in [0.05, 0.1) is 0 Å². The molecule has 0 radical (unpaired) electrons. The van der Waals surface area contributed by atoms with E-state index in [1.165, 1.54) is 22.6 Å². The number of thioether (sulfide) groups is 1. The van der Waals surface area contributed by atoms with Crippen LogP contribution in [0.1, 0.15) is 42.1 Å². The van der Waals surface area contributed by atoms with Gasteiger partial charge in [0.25, 0.3) is 0 Å². The summed E-state index contributed by atoms with van der Waals surface area (Å²) in [5, 5.41) is 3.68. The van der Waals surface area contributed by atoms with Crippen LogP contribution in [0.3, 0.4) is 0 Å². The average Bonchev–Trinajstić information content (AvgIpc) is 2.40. The molecule has 2 unspecified atom stereocenters. The molecule has 0 fully saturated rings. The number of hydrogen-bond acceptors (Lipinski definition) is 2. The van der Waals surface area contributed by atoms with Crippen molar-refractivity contribution in [1.82, 2.24) is 5.32 Å². The van der Waals surface area contributed by atoms with Crippen molar-refractivity contribution in [1.29, 1.82) is 0 Å². The van der Waals surface area contributed by atoms with Gasteiger partial charge in [0, 0.05) is 11.8 Å². The van der Waals surface area contributed by atoms with Crippen LogP contribution in [0.25, 0.3) is 0 Å². The molecule has 0 amide bonds. The van der Waals surface area contributed by atoms with Gasteiger partial charge >= 0.3 is 0 Å². The Hall–Kier alpha value is -0.470. The van der Waals surface area contributed by atoms with Crippen molar-refractivity contribution < 1.29 is 0 Å². The molecule has 0 aliphatic carbocycles. The number of aryl methyl sites for hydroxylation is 2. The quantitative estimate of drug-likeness (QED) is 0.854. The van der Waals surface area contributed by atoms with Gasteiger partial charge in [-0.25, -0.2) is 0 Å². The molecular weight excluding hydrogens is 226 g/mol. The molecule has 0 aromatic heterocycles. The van der Waals surface area contributed by atoms with E-state index in [1.54, 1.807) is 11.1 Å². The Morgan fingerprint density at radius 2 is 2.12 bits per heavy atom. The van der Waals surface area contributed by atoms with Crippen LogP contribution in [0.15, 0.2) is 12.1 Å². The van der Waals surface area contributed by atoms with Crippen molar-refractivity contribution in [2.75, 3.05) is 12.3 Å². The van der Waals surface area contributed by atoms with Crippen LogP contribution in [0, 0.1) is 19.8 Å². The molecular formula is C15H23NS. The summed E-state index contributed by atoms with van der Waals surface area (Å²) in [6, 6.07) is 5.23. The third kappa shape index (κ3) is 2.69. The molecule has 1 N–H and O–H groups in total. The number of benzene rings is 1. The van der Waals surface area contributed by atoms with Crippen LogP contribution in [0.5, 0.6) is 0 Å². The van der Waals surface area contributed by atoms with Crippen LogP contribution >= 0.6 is 11.8 Å². The van der Waals surface area contributed by atoms with Crippen molar-refractivity contribution >= 4 is 11.8 Å². The Kier molecular flexibility index (Phi) is 4.16. The summed E-state index contributed by atoms with van der Waals surface area (Å²) in [5.74, 6) is 3.14. The Balaban J connectivity index is 2.48. The Labute approximate surface area is 109 Å². The predicted octanol–water partition coefficient (Wildman–Crippen LogP) is 3.84. The fraction of sp³-hybridized carbons (Fsp3) is 0.600. The van der Waals surface area contributed by atoms with Gasteiger partial charge in [0.2, 0.25) is 0 Å². The first kappa shape index (κ1) is 13.0. The van der Waals surface area contributed by atoms with Gasteiger partial charge in [-0.1, -0.05) is 31.5 Å². The highest BCUT2D eigenvalue weighted by Gasteiger charge is 2.25. The van der Waals surface area contributed by atoms with Crippen molar-refractivity contribution in [2.24, 2.45) is 5.92 Å².